The molecule has 104 valence electrons. The first-order chi connectivity index (χ1) is 9.21. The third-order valence-corrected chi connectivity index (χ3v) is 4.56. The third kappa shape index (κ3) is 2.63. The second-order valence-electron chi connectivity index (χ2n) is 5.90. The summed E-state index contributed by atoms with van der Waals surface area (Å²) in [6, 6.07) is 8.78. The molecule has 1 atom stereocenters. The SMILES string of the molecule is CC(N)C1(c2ccc(OC3CCOCC3)cc2)CC1. The van der Waals surface area contributed by atoms with Gasteiger partial charge in [-0.3, -0.25) is 0 Å². The Morgan fingerprint density at radius 2 is 1.84 bits per heavy atom. The maximum atomic E-state index is 6.11. The minimum atomic E-state index is 0.231. The van der Waals surface area contributed by atoms with Gasteiger partial charge in [-0.05, 0) is 37.5 Å². The Hall–Kier alpha value is -1.06. The van der Waals surface area contributed by atoms with Gasteiger partial charge in [0.2, 0.25) is 0 Å². The van der Waals surface area contributed by atoms with E-state index in [2.05, 4.69) is 31.2 Å². The van der Waals surface area contributed by atoms with Gasteiger partial charge in [0.15, 0.2) is 0 Å². The fraction of sp³-hybridized carbons (Fsp3) is 0.625. The van der Waals surface area contributed by atoms with E-state index in [0.29, 0.717) is 6.10 Å². The number of nitrogens with two attached hydrogens (primary N) is 1. The van der Waals surface area contributed by atoms with Crippen LogP contribution in [0.15, 0.2) is 24.3 Å². The highest BCUT2D eigenvalue weighted by molar-refractivity contribution is 5.37. The second kappa shape index (κ2) is 5.14. The topological polar surface area (TPSA) is 44.5 Å². The lowest BCUT2D eigenvalue weighted by atomic mass is 9.89. The Labute approximate surface area is 115 Å². The predicted molar refractivity (Wildman–Crippen MR) is 75.5 cm³/mol. The van der Waals surface area contributed by atoms with Crippen molar-refractivity contribution in [2.45, 2.75) is 50.2 Å². The van der Waals surface area contributed by atoms with Crippen molar-refractivity contribution >= 4 is 0 Å². The molecule has 3 nitrogen and oxygen atoms in total. The van der Waals surface area contributed by atoms with Gasteiger partial charge in [0.1, 0.15) is 11.9 Å². The molecule has 2 aliphatic rings. The minimum absolute atomic E-state index is 0.231. The summed E-state index contributed by atoms with van der Waals surface area (Å²) < 4.78 is 11.3. The monoisotopic (exact) mass is 261 g/mol. The summed E-state index contributed by atoms with van der Waals surface area (Å²) in [5.74, 6) is 0.969. The van der Waals surface area contributed by atoms with Gasteiger partial charge in [0.25, 0.3) is 0 Å². The molecular weight excluding hydrogens is 238 g/mol. The molecule has 0 bridgehead atoms. The number of ether oxygens (including phenoxy) is 2. The molecule has 0 radical (unpaired) electrons. The lowest BCUT2D eigenvalue weighted by Crippen LogP contribution is -2.31. The molecule has 3 rings (SSSR count). The van der Waals surface area contributed by atoms with E-state index in [4.69, 9.17) is 15.2 Å². The van der Waals surface area contributed by atoms with E-state index in [-0.39, 0.29) is 11.5 Å². The van der Waals surface area contributed by atoms with E-state index < -0.39 is 0 Å². The van der Waals surface area contributed by atoms with Crippen LogP contribution in [0.3, 0.4) is 0 Å². The van der Waals surface area contributed by atoms with Gasteiger partial charge in [0, 0.05) is 24.3 Å². The standard InChI is InChI=1S/C16H23NO2/c1-12(17)16(8-9-16)13-2-4-14(5-3-13)19-15-6-10-18-11-7-15/h2-5,12,15H,6-11,17H2,1H3. The molecule has 1 saturated carbocycles. The van der Waals surface area contributed by atoms with Gasteiger partial charge >= 0.3 is 0 Å². The maximum Gasteiger partial charge on any atom is 0.119 e. The Balaban J connectivity index is 1.66. The highest BCUT2D eigenvalue weighted by Gasteiger charge is 2.47. The summed E-state index contributed by atoms with van der Waals surface area (Å²) in [5.41, 5.74) is 7.70. The predicted octanol–water partition coefficient (Wildman–Crippen LogP) is 2.62. The van der Waals surface area contributed by atoms with Crippen molar-refractivity contribution in [1.29, 1.82) is 0 Å². The van der Waals surface area contributed by atoms with Gasteiger partial charge in [-0.25, -0.2) is 0 Å². The van der Waals surface area contributed by atoms with Crippen LogP contribution in [0.1, 0.15) is 38.2 Å². The summed E-state index contributed by atoms with van der Waals surface area (Å²) in [5, 5.41) is 0. The van der Waals surface area contributed by atoms with E-state index in [1.165, 1.54) is 18.4 Å². The molecule has 19 heavy (non-hydrogen) atoms. The lowest BCUT2D eigenvalue weighted by Gasteiger charge is -2.24. The molecule has 1 aliphatic heterocycles. The Morgan fingerprint density at radius 3 is 2.37 bits per heavy atom. The molecule has 0 spiro atoms. The van der Waals surface area contributed by atoms with Crippen LogP contribution in [0.25, 0.3) is 0 Å². The highest BCUT2D eigenvalue weighted by Crippen LogP contribution is 2.50. The lowest BCUT2D eigenvalue weighted by molar-refractivity contribution is 0.0255. The molecule has 0 aromatic heterocycles. The van der Waals surface area contributed by atoms with Crippen molar-refractivity contribution in [3.05, 3.63) is 29.8 Å². The van der Waals surface area contributed by atoms with Gasteiger partial charge in [0.05, 0.1) is 13.2 Å². The van der Waals surface area contributed by atoms with Crippen molar-refractivity contribution in [1.82, 2.24) is 0 Å². The van der Waals surface area contributed by atoms with Gasteiger partial charge in [-0.2, -0.15) is 0 Å². The first-order valence-corrected chi connectivity index (χ1v) is 7.31. The van der Waals surface area contributed by atoms with Crippen LogP contribution in [-0.2, 0) is 10.2 Å². The molecule has 0 amide bonds. The maximum absolute atomic E-state index is 6.11. The van der Waals surface area contributed by atoms with E-state index in [1.807, 2.05) is 0 Å². The van der Waals surface area contributed by atoms with Crippen molar-refractivity contribution in [2.24, 2.45) is 5.73 Å². The Bertz CT molecular complexity index is 417. The molecule has 1 aromatic rings. The zero-order chi connectivity index (χ0) is 13.3. The van der Waals surface area contributed by atoms with Crippen LogP contribution >= 0.6 is 0 Å². The molecule has 3 heteroatoms. The average molecular weight is 261 g/mol. The molecular formula is C16H23NO2. The van der Waals surface area contributed by atoms with Gasteiger partial charge in [-0.15, -0.1) is 0 Å². The van der Waals surface area contributed by atoms with Crippen molar-refractivity contribution in [3.63, 3.8) is 0 Å². The fourth-order valence-electron chi connectivity index (χ4n) is 2.99. The van der Waals surface area contributed by atoms with Crippen LogP contribution in [0.2, 0.25) is 0 Å². The average Bonchev–Trinajstić information content (AvgIpc) is 3.22. The number of rotatable bonds is 4. The number of hydrogen-bond acceptors (Lipinski definition) is 3. The molecule has 1 unspecified atom stereocenters. The van der Waals surface area contributed by atoms with Crippen molar-refractivity contribution in [3.8, 4) is 5.75 Å². The zero-order valence-corrected chi connectivity index (χ0v) is 11.6. The Kier molecular flexibility index (Phi) is 3.50. The van der Waals surface area contributed by atoms with Crippen molar-refractivity contribution in [2.75, 3.05) is 13.2 Å². The van der Waals surface area contributed by atoms with E-state index in [1.54, 1.807) is 0 Å². The normalized spacial score (nSPS) is 23.9. The number of hydrogen-bond donors (Lipinski definition) is 1. The van der Waals surface area contributed by atoms with Crippen LogP contribution in [-0.4, -0.2) is 25.4 Å². The van der Waals surface area contributed by atoms with Crippen LogP contribution in [0.4, 0.5) is 0 Å². The first-order valence-electron chi connectivity index (χ1n) is 7.31. The van der Waals surface area contributed by atoms with Crippen LogP contribution in [0, 0.1) is 0 Å². The first kappa shape index (κ1) is 12.9. The molecule has 1 aliphatic carbocycles. The summed E-state index contributed by atoms with van der Waals surface area (Å²) in [6.07, 6.45) is 4.72. The summed E-state index contributed by atoms with van der Waals surface area (Å²) in [6.45, 7) is 3.74. The molecule has 1 aromatic carbocycles. The molecule has 1 saturated heterocycles. The van der Waals surface area contributed by atoms with Crippen LogP contribution in [0.5, 0.6) is 5.75 Å². The Morgan fingerprint density at radius 1 is 1.21 bits per heavy atom. The third-order valence-electron chi connectivity index (χ3n) is 4.56. The largest absolute Gasteiger partial charge is 0.490 e. The van der Waals surface area contributed by atoms with Gasteiger partial charge < -0.3 is 15.2 Å². The van der Waals surface area contributed by atoms with Gasteiger partial charge in [-0.1, -0.05) is 12.1 Å². The molecule has 2 fully saturated rings. The van der Waals surface area contributed by atoms with E-state index in [9.17, 15) is 0 Å². The zero-order valence-electron chi connectivity index (χ0n) is 11.6. The van der Waals surface area contributed by atoms with Crippen molar-refractivity contribution < 1.29 is 9.47 Å². The van der Waals surface area contributed by atoms with Crippen LogP contribution < -0.4 is 10.5 Å². The fourth-order valence-corrected chi connectivity index (χ4v) is 2.99. The van der Waals surface area contributed by atoms with E-state index in [0.717, 1.165) is 31.8 Å². The van der Waals surface area contributed by atoms with E-state index >= 15 is 0 Å². The second-order valence-corrected chi connectivity index (χ2v) is 5.90. The smallest absolute Gasteiger partial charge is 0.119 e. The quantitative estimate of drug-likeness (QED) is 0.906. The number of benzene rings is 1. The highest BCUT2D eigenvalue weighted by atomic mass is 16.5. The molecule has 2 N–H and O–H groups in total. The minimum Gasteiger partial charge on any atom is -0.490 e. The molecule has 1 heterocycles. The summed E-state index contributed by atoms with van der Waals surface area (Å²) >= 11 is 0. The summed E-state index contributed by atoms with van der Waals surface area (Å²) in [7, 11) is 0. The summed E-state index contributed by atoms with van der Waals surface area (Å²) in [4.78, 5) is 0.